The van der Waals surface area contributed by atoms with Crippen LogP contribution in [0.3, 0.4) is 0 Å². The summed E-state index contributed by atoms with van der Waals surface area (Å²) in [6.45, 7) is 0.240. The highest BCUT2D eigenvalue weighted by Crippen LogP contribution is 2.37. The molecule has 108 valence electrons. The Bertz CT molecular complexity index is 766. The monoisotopic (exact) mass is 289 g/mol. The van der Waals surface area contributed by atoms with Crippen molar-refractivity contribution in [1.82, 2.24) is 0 Å². The maximum atomic E-state index is 6.41. The van der Waals surface area contributed by atoms with Crippen LogP contribution in [0.25, 0.3) is 0 Å². The highest BCUT2D eigenvalue weighted by molar-refractivity contribution is 6.94. The van der Waals surface area contributed by atoms with Gasteiger partial charge in [0.1, 0.15) is 5.75 Å². The zero-order chi connectivity index (χ0) is 15.0. The van der Waals surface area contributed by atoms with Gasteiger partial charge in [0.05, 0.1) is 0 Å². The molecule has 1 N–H and O–H groups in total. The highest BCUT2D eigenvalue weighted by atomic mass is 16.6. The first-order valence-electron chi connectivity index (χ1n) is 7.44. The molecule has 0 fully saturated rings. The maximum Gasteiger partial charge on any atom is 0.406 e. The summed E-state index contributed by atoms with van der Waals surface area (Å²) in [5.41, 5.74) is 3.03. The second-order valence-electron chi connectivity index (χ2n) is 5.57. The summed E-state index contributed by atoms with van der Waals surface area (Å²) in [6, 6.07) is 22.2. The molecule has 4 rings (SSSR count). The molecule has 1 aliphatic heterocycles. The van der Waals surface area contributed by atoms with Gasteiger partial charge in [-0.2, -0.15) is 0 Å². The van der Waals surface area contributed by atoms with Crippen LogP contribution in [-0.4, -0.2) is 6.55 Å². The first-order valence-corrected chi connectivity index (χ1v) is 7.44. The number of aromatic nitrogens is 1. The van der Waals surface area contributed by atoms with E-state index in [1.165, 1.54) is 0 Å². The molecule has 2 heterocycles. The number of nitrogens with one attached hydrogen (secondary N) is 1. The Morgan fingerprint density at radius 2 is 1.36 bits per heavy atom. The van der Waals surface area contributed by atoms with Crippen molar-refractivity contribution in [2.75, 3.05) is 0 Å². The summed E-state index contributed by atoms with van der Waals surface area (Å²) in [5.74, 6) is 1.57. The molecule has 0 saturated heterocycles. The molecular formula is C18H16BNO2. The molecule has 0 aliphatic carbocycles. The van der Waals surface area contributed by atoms with Crippen molar-refractivity contribution in [3.63, 3.8) is 0 Å². The van der Waals surface area contributed by atoms with E-state index in [2.05, 4.69) is 29.2 Å². The van der Waals surface area contributed by atoms with Crippen molar-refractivity contribution in [3.05, 3.63) is 78.6 Å². The number of benzene rings is 2. The Kier molecular flexibility index (Phi) is 2.89. The van der Waals surface area contributed by atoms with Crippen LogP contribution in [0.15, 0.2) is 72.9 Å². The standard InChI is InChI=1S/C18H15BNO2/c1-14-18-17(12-13-20-14)21-19(22-18,15-8-4-2-5-9-15)16-10-6-3-7-11-16/h2-13H,1H3/q-1/p+1. The lowest BCUT2D eigenvalue weighted by Crippen LogP contribution is -2.66. The molecule has 0 bridgehead atoms. The fourth-order valence-electron chi connectivity index (χ4n) is 3.05. The Morgan fingerprint density at radius 3 is 1.91 bits per heavy atom. The van der Waals surface area contributed by atoms with Gasteiger partial charge in [0.2, 0.25) is 5.69 Å². The van der Waals surface area contributed by atoms with E-state index < -0.39 is 6.55 Å². The van der Waals surface area contributed by atoms with E-state index >= 15 is 0 Å². The minimum atomic E-state index is -1.75. The molecule has 0 amide bonds. The predicted molar refractivity (Wildman–Crippen MR) is 86.9 cm³/mol. The zero-order valence-corrected chi connectivity index (χ0v) is 12.3. The molecule has 2 aromatic carbocycles. The van der Waals surface area contributed by atoms with Crippen molar-refractivity contribution in [3.8, 4) is 11.5 Å². The molecule has 1 aliphatic rings. The van der Waals surface area contributed by atoms with Gasteiger partial charge in [0, 0.05) is 13.0 Å². The molecule has 0 radical (unpaired) electrons. The fraction of sp³-hybridized carbons (Fsp3) is 0.0556. The first kappa shape index (κ1) is 13.0. The van der Waals surface area contributed by atoms with Crippen molar-refractivity contribution >= 4 is 17.5 Å². The topological polar surface area (TPSA) is 32.6 Å². The summed E-state index contributed by atoms with van der Waals surface area (Å²) in [6.07, 6.45) is 1.87. The Labute approximate surface area is 129 Å². The van der Waals surface area contributed by atoms with E-state index in [0.29, 0.717) is 0 Å². The predicted octanol–water partition coefficient (Wildman–Crippen LogP) is 1.84. The van der Waals surface area contributed by atoms with Crippen LogP contribution in [0, 0.1) is 6.92 Å². The largest absolute Gasteiger partial charge is 0.673 e. The van der Waals surface area contributed by atoms with Crippen LogP contribution in [0.4, 0.5) is 0 Å². The minimum absolute atomic E-state index is 0.781. The molecule has 0 saturated carbocycles. The number of H-pyrrole nitrogens is 1. The van der Waals surface area contributed by atoms with Crippen molar-refractivity contribution < 1.29 is 14.3 Å². The number of aryl methyl sites for hydroxylation is 1. The number of pyridine rings is 1. The van der Waals surface area contributed by atoms with Gasteiger partial charge in [-0.3, -0.25) is 0 Å². The molecule has 3 nitrogen and oxygen atoms in total. The number of hydrogen-bond donors (Lipinski definition) is 0. The van der Waals surface area contributed by atoms with Gasteiger partial charge in [-0.1, -0.05) is 60.7 Å². The third-order valence-corrected chi connectivity index (χ3v) is 4.15. The Morgan fingerprint density at radius 1 is 0.773 bits per heavy atom. The third-order valence-electron chi connectivity index (χ3n) is 4.15. The minimum Gasteiger partial charge on any atom is -0.673 e. The van der Waals surface area contributed by atoms with E-state index in [4.69, 9.17) is 9.31 Å². The van der Waals surface area contributed by atoms with E-state index in [-0.39, 0.29) is 0 Å². The number of aromatic amines is 1. The summed E-state index contributed by atoms with van der Waals surface area (Å²) >= 11 is 0. The van der Waals surface area contributed by atoms with Gasteiger partial charge in [-0.05, 0) is 0 Å². The van der Waals surface area contributed by atoms with Crippen LogP contribution < -0.4 is 25.2 Å². The van der Waals surface area contributed by atoms with Gasteiger partial charge in [-0.15, -0.1) is 10.9 Å². The SMILES string of the molecule is Cc1[nH+]ccc2c1O[B-](c1ccccc1)(c1ccccc1)O2. The average molecular weight is 289 g/mol. The lowest BCUT2D eigenvalue weighted by molar-refractivity contribution is -0.388. The molecular weight excluding hydrogens is 273 g/mol. The van der Waals surface area contributed by atoms with E-state index in [0.717, 1.165) is 28.1 Å². The smallest absolute Gasteiger partial charge is 0.406 e. The number of hydrogen-bond acceptors (Lipinski definition) is 2. The second kappa shape index (κ2) is 4.91. The van der Waals surface area contributed by atoms with Gasteiger partial charge < -0.3 is 9.31 Å². The molecule has 0 spiro atoms. The maximum absolute atomic E-state index is 6.41. The van der Waals surface area contributed by atoms with Gasteiger partial charge in [0.25, 0.3) is 0 Å². The summed E-state index contributed by atoms with van der Waals surface area (Å²) in [7, 11) is 0. The number of fused-ring (bicyclic) bond motifs is 1. The second-order valence-corrected chi connectivity index (χ2v) is 5.57. The van der Waals surface area contributed by atoms with E-state index in [9.17, 15) is 0 Å². The van der Waals surface area contributed by atoms with Crippen LogP contribution in [0.1, 0.15) is 5.69 Å². The van der Waals surface area contributed by atoms with Crippen molar-refractivity contribution in [1.29, 1.82) is 0 Å². The van der Waals surface area contributed by atoms with Crippen LogP contribution in [-0.2, 0) is 0 Å². The molecule has 0 atom stereocenters. The normalized spacial score (nSPS) is 14.8. The quantitative estimate of drug-likeness (QED) is 0.674. The highest BCUT2D eigenvalue weighted by Gasteiger charge is 2.42. The van der Waals surface area contributed by atoms with Crippen LogP contribution in [0.2, 0.25) is 0 Å². The van der Waals surface area contributed by atoms with Gasteiger partial charge in [0.15, 0.2) is 11.9 Å². The lowest BCUT2D eigenvalue weighted by Gasteiger charge is -2.36. The van der Waals surface area contributed by atoms with Crippen LogP contribution >= 0.6 is 0 Å². The summed E-state index contributed by atoms with van der Waals surface area (Å²) in [5, 5.41) is 0. The van der Waals surface area contributed by atoms with Gasteiger partial charge >= 0.3 is 6.55 Å². The van der Waals surface area contributed by atoms with Crippen LogP contribution in [0.5, 0.6) is 11.5 Å². The zero-order valence-electron chi connectivity index (χ0n) is 12.3. The third kappa shape index (κ3) is 1.88. The molecule has 3 aromatic rings. The lowest BCUT2D eigenvalue weighted by atomic mass is 9.46. The molecule has 1 aromatic heterocycles. The Hall–Kier alpha value is -2.75. The van der Waals surface area contributed by atoms with Gasteiger partial charge in [-0.25, -0.2) is 4.98 Å². The van der Waals surface area contributed by atoms with Crippen molar-refractivity contribution in [2.45, 2.75) is 6.92 Å². The van der Waals surface area contributed by atoms with Crippen molar-refractivity contribution in [2.24, 2.45) is 0 Å². The Balaban J connectivity index is 1.92. The van der Waals surface area contributed by atoms with E-state index in [1.807, 2.05) is 55.6 Å². The molecule has 0 unspecified atom stereocenters. The summed E-state index contributed by atoms with van der Waals surface area (Å²) in [4.78, 5) is 3.18. The fourth-order valence-corrected chi connectivity index (χ4v) is 3.05. The molecule has 4 heteroatoms. The summed E-state index contributed by atoms with van der Waals surface area (Å²) < 4.78 is 12.8. The molecule has 22 heavy (non-hydrogen) atoms. The average Bonchev–Trinajstić information content (AvgIpc) is 2.99. The number of rotatable bonds is 2. The van der Waals surface area contributed by atoms with E-state index in [1.54, 1.807) is 0 Å². The first-order chi connectivity index (χ1) is 10.8.